The third kappa shape index (κ3) is 2.98. The van der Waals surface area contributed by atoms with Crippen LogP contribution < -0.4 is 5.32 Å². The number of morpholine rings is 1. The van der Waals surface area contributed by atoms with Crippen LogP contribution in [0.3, 0.4) is 0 Å². The smallest absolute Gasteiger partial charge is 0.0682 e. The second kappa shape index (κ2) is 5.55. The standard InChI is InChI=1S/C10H17N3OS/c1-11-6-10-8-14-4-3-13(10)7-9-2-5-15-12-9/h2,5,10-11H,3-4,6-8H2,1H3. The van der Waals surface area contributed by atoms with Gasteiger partial charge in [-0.1, -0.05) is 0 Å². The van der Waals surface area contributed by atoms with E-state index in [2.05, 4.69) is 20.7 Å². The summed E-state index contributed by atoms with van der Waals surface area (Å²) < 4.78 is 9.83. The Kier molecular flexibility index (Phi) is 4.08. The quantitative estimate of drug-likeness (QED) is 0.816. The first-order valence-electron chi connectivity index (χ1n) is 5.26. The van der Waals surface area contributed by atoms with Crippen LogP contribution >= 0.6 is 11.5 Å². The predicted octanol–water partition coefficient (Wildman–Crippen LogP) is 0.563. The maximum atomic E-state index is 5.48. The first-order valence-corrected chi connectivity index (χ1v) is 6.09. The van der Waals surface area contributed by atoms with Gasteiger partial charge in [-0.2, -0.15) is 4.37 Å². The highest BCUT2D eigenvalue weighted by Crippen LogP contribution is 2.11. The number of nitrogens with one attached hydrogen (secondary N) is 1. The van der Waals surface area contributed by atoms with Crippen molar-refractivity contribution in [2.24, 2.45) is 0 Å². The monoisotopic (exact) mass is 227 g/mol. The molecular weight excluding hydrogens is 210 g/mol. The zero-order valence-electron chi connectivity index (χ0n) is 8.98. The predicted molar refractivity (Wildman–Crippen MR) is 61.1 cm³/mol. The molecule has 0 aliphatic carbocycles. The van der Waals surface area contributed by atoms with Gasteiger partial charge in [-0.25, -0.2) is 0 Å². The molecule has 5 heteroatoms. The van der Waals surface area contributed by atoms with Crippen molar-refractivity contribution in [1.82, 2.24) is 14.6 Å². The van der Waals surface area contributed by atoms with Gasteiger partial charge in [0.2, 0.25) is 0 Å². The van der Waals surface area contributed by atoms with Crippen molar-refractivity contribution in [1.29, 1.82) is 0 Å². The second-order valence-electron chi connectivity index (χ2n) is 3.75. The summed E-state index contributed by atoms with van der Waals surface area (Å²) in [6.07, 6.45) is 0. The van der Waals surface area contributed by atoms with Crippen LogP contribution in [0.1, 0.15) is 5.69 Å². The van der Waals surface area contributed by atoms with E-state index < -0.39 is 0 Å². The van der Waals surface area contributed by atoms with Crippen LogP contribution in [0.25, 0.3) is 0 Å². The Hall–Kier alpha value is -0.490. The Morgan fingerprint density at radius 2 is 2.67 bits per heavy atom. The molecule has 1 fully saturated rings. The van der Waals surface area contributed by atoms with Crippen LogP contribution in [0.15, 0.2) is 11.4 Å². The third-order valence-corrected chi connectivity index (χ3v) is 3.24. The van der Waals surface area contributed by atoms with Crippen molar-refractivity contribution < 1.29 is 4.74 Å². The maximum Gasteiger partial charge on any atom is 0.0682 e. The zero-order valence-corrected chi connectivity index (χ0v) is 9.80. The number of rotatable bonds is 4. The van der Waals surface area contributed by atoms with Gasteiger partial charge < -0.3 is 10.1 Å². The van der Waals surface area contributed by atoms with Crippen molar-refractivity contribution in [3.63, 3.8) is 0 Å². The average Bonchev–Trinajstić information content (AvgIpc) is 2.74. The van der Waals surface area contributed by atoms with E-state index in [9.17, 15) is 0 Å². The molecule has 0 saturated carbocycles. The summed E-state index contributed by atoms with van der Waals surface area (Å²) in [5, 5.41) is 5.24. The number of ether oxygens (including phenoxy) is 1. The Balaban J connectivity index is 1.92. The van der Waals surface area contributed by atoms with Crippen LogP contribution in [0.2, 0.25) is 0 Å². The van der Waals surface area contributed by atoms with Gasteiger partial charge in [0.05, 0.1) is 18.9 Å². The molecule has 84 valence electrons. The van der Waals surface area contributed by atoms with E-state index in [1.165, 1.54) is 17.2 Å². The maximum absolute atomic E-state index is 5.48. The van der Waals surface area contributed by atoms with Gasteiger partial charge in [0.25, 0.3) is 0 Å². The minimum absolute atomic E-state index is 0.477. The molecule has 0 amide bonds. The molecule has 0 spiro atoms. The van der Waals surface area contributed by atoms with Crippen molar-refractivity contribution in [2.75, 3.05) is 33.4 Å². The van der Waals surface area contributed by atoms with E-state index in [4.69, 9.17) is 4.74 Å². The summed E-state index contributed by atoms with van der Waals surface area (Å²) in [5.41, 5.74) is 1.17. The number of hydrogen-bond donors (Lipinski definition) is 1. The van der Waals surface area contributed by atoms with Gasteiger partial charge in [-0.3, -0.25) is 4.90 Å². The Bertz CT molecular complexity index is 276. The first-order chi connectivity index (χ1) is 7.40. The normalized spacial score (nSPS) is 23.1. The molecule has 15 heavy (non-hydrogen) atoms. The zero-order chi connectivity index (χ0) is 10.5. The molecule has 4 nitrogen and oxygen atoms in total. The molecule has 1 aliphatic rings. The molecule has 1 saturated heterocycles. The average molecular weight is 227 g/mol. The van der Waals surface area contributed by atoms with E-state index >= 15 is 0 Å². The minimum Gasteiger partial charge on any atom is -0.378 e. The molecule has 2 rings (SSSR count). The van der Waals surface area contributed by atoms with Gasteiger partial charge in [-0.15, -0.1) is 0 Å². The fourth-order valence-corrected chi connectivity index (χ4v) is 2.38. The lowest BCUT2D eigenvalue weighted by Crippen LogP contribution is -2.49. The van der Waals surface area contributed by atoms with E-state index in [1.807, 2.05) is 12.4 Å². The summed E-state index contributed by atoms with van der Waals surface area (Å²) in [6.45, 7) is 4.59. The van der Waals surface area contributed by atoms with Crippen molar-refractivity contribution >= 4 is 11.5 Å². The molecule has 1 atom stereocenters. The SMILES string of the molecule is CNCC1COCCN1Cc1ccsn1. The third-order valence-electron chi connectivity index (χ3n) is 2.65. The van der Waals surface area contributed by atoms with Gasteiger partial charge in [-0.05, 0) is 24.6 Å². The largest absolute Gasteiger partial charge is 0.378 e. The van der Waals surface area contributed by atoms with E-state index in [0.29, 0.717) is 6.04 Å². The van der Waals surface area contributed by atoms with Gasteiger partial charge >= 0.3 is 0 Å². The number of nitrogens with zero attached hydrogens (tertiary/aromatic N) is 2. The molecular formula is C10H17N3OS. The lowest BCUT2D eigenvalue weighted by molar-refractivity contribution is -0.0107. The van der Waals surface area contributed by atoms with Crippen molar-refractivity contribution in [3.8, 4) is 0 Å². The molecule has 1 aromatic heterocycles. The fraction of sp³-hybridized carbons (Fsp3) is 0.700. The summed E-state index contributed by atoms with van der Waals surface area (Å²) >= 11 is 1.52. The molecule has 1 aliphatic heterocycles. The minimum atomic E-state index is 0.477. The van der Waals surface area contributed by atoms with Crippen molar-refractivity contribution in [3.05, 3.63) is 17.1 Å². The summed E-state index contributed by atoms with van der Waals surface area (Å²) in [7, 11) is 1.98. The van der Waals surface area contributed by atoms with E-state index in [0.717, 1.165) is 32.8 Å². The number of likely N-dealkylation sites (N-methyl/N-ethyl adjacent to an activating group) is 1. The van der Waals surface area contributed by atoms with Crippen LogP contribution in [-0.2, 0) is 11.3 Å². The summed E-state index contributed by atoms with van der Waals surface area (Å²) in [4.78, 5) is 2.44. The molecule has 0 bridgehead atoms. The molecule has 2 heterocycles. The second-order valence-corrected chi connectivity index (χ2v) is 4.41. The molecule has 1 aromatic rings. The molecule has 1 unspecified atom stereocenters. The van der Waals surface area contributed by atoms with Crippen LogP contribution in [0.4, 0.5) is 0 Å². The highest BCUT2D eigenvalue weighted by atomic mass is 32.1. The summed E-state index contributed by atoms with van der Waals surface area (Å²) in [6, 6.07) is 2.57. The van der Waals surface area contributed by atoms with Gasteiger partial charge in [0.1, 0.15) is 0 Å². The first kappa shape index (κ1) is 11.0. The molecule has 0 aromatic carbocycles. The number of aromatic nitrogens is 1. The van der Waals surface area contributed by atoms with Crippen LogP contribution in [-0.4, -0.2) is 48.7 Å². The Morgan fingerprint density at radius 3 is 3.40 bits per heavy atom. The number of hydrogen-bond acceptors (Lipinski definition) is 5. The van der Waals surface area contributed by atoms with E-state index in [1.54, 1.807) is 0 Å². The Morgan fingerprint density at radius 1 is 1.73 bits per heavy atom. The lowest BCUT2D eigenvalue weighted by atomic mass is 10.2. The molecule has 0 radical (unpaired) electrons. The van der Waals surface area contributed by atoms with Crippen LogP contribution in [0, 0.1) is 0 Å². The van der Waals surface area contributed by atoms with Crippen molar-refractivity contribution in [2.45, 2.75) is 12.6 Å². The van der Waals surface area contributed by atoms with Gasteiger partial charge in [0.15, 0.2) is 0 Å². The highest BCUT2D eigenvalue weighted by Gasteiger charge is 2.22. The van der Waals surface area contributed by atoms with Crippen LogP contribution in [0.5, 0.6) is 0 Å². The van der Waals surface area contributed by atoms with E-state index in [-0.39, 0.29) is 0 Å². The lowest BCUT2D eigenvalue weighted by Gasteiger charge is -2.34. The topological polar surface area (TPSA) is 37.4 Å². The Labute approximate surface area is 94.4 Å². The fourth-order valence-electron chi connectivity index (χ4n) is 1.85. The van der Waals surface area contributed by atoms with Gasteiger partial charge in [0, 0.05) is 31.1 Å². The highest BCUT2D eigenvalue weighted by molar-refractivity contribution is 7.03. The molecule has 1 N–H and O–H groups in total. The summed E-state index contributed by atoms with van der Waals surface area (Å²) in [5.74, 6) is 0.